The molecule has 4 nitrogen and oxygen atoms in total. The van der Waals surface area contributed by atoms with Crippen LogP contribution >= 0.6 is 12.2 Å². The average molecular weight is 375 g/mol. The van der Waals surface area contributed by atoms with Crippen LogP contribution in [0, 0.1) is 20.4 Å². The minimum atomic E-state index is -0.159. The zero-order valence-electron chi connectivity index (χ0n) is 15.9. The summed E-state index contributed by atoms with van der Waals surface area (Å²) in [6.07, 6.45) is 3.26. The van der Waals surface area contributed by atoms with Crippen LogP contribution in [0.3, 0.4) is 0 Å². The summed E-state index contributed by atoms with van der Waals surface area (Å²) in [5.41, 5.74) is 4.80. The number of benzene rings is 2. The van der Waals surface area contributed by atoms with Crippen molar-refractivity contribution >= 4 is 40.2 Å². The van der Waals surface area contributed by atoms with Crippen LogP contribution in [-0.4, -0.2) is 23.5 Å². The Morgan fingerprint density at radius 3 is 2.26 bits per heavy atom. The van der Waals surface area contributed by atoms with Gasteiger partial charge in [-0.3, -0.25) is 9.89 Å². The Bertz CT molecular complexity index is 980. The Hall–Kier alpha value is -2.71. The first-order valence-corrected chi connectivity index (χ1v) is 9.59. The van der Waals surface area contributed by atoms with Crippen LogP contribution in [0.1, 0.15) is 30.4 Å². The number of thiocarbonyl (C=S) groups is 1. The number of amidine groups is 1. The van der Waals surface area contributed by atoms with E-state index in [1.807, 2.05) is 32.2 Å². The molecular weight excluding hydrogens is 352 g/mol. The quantitative estimate of drug-likeness (QED) is 0.518. The number of aryl methyl sites for hydroxylation is 2. The molecule has 1 heterocycles. The maximum absolute atomic E-state index is 7.30. The molecule has 0 radical (unpaired) electrons. The van der Waals surface area contributed by atoms with E-state index in [0.29, 0.717) is 5.69 Å². The van der Waals surface area contributed by atoms with E-state index in [-0.39, 0.29) is 5.54 Å². The highest BCUT2D eigenvalue weighted by molar-refractivity contribution is 7.81. The maximum Gasteiger partial charge on any atom is 0.190 e. The van der Waals surface area contributed by atoms with Gasteiger partial charge in [-0.25, -0.2) is 4.85 Å². The number of hydrogen-bond donors (Lipinski definition) is 0. The predicted octanol–water partition coefficient (Wildman–Crippen LogP) is 5.42. The van der Waals surface area contributed by atoms with Gasteiger partial charge < -0.3 is 4.90 Å². The van der Waals surface area contributed by atoms with Gasteiger partial charge in [0.2, 0.25) is 0 Å². The third kappa shape index (κ3) is 2.55. The van der Waals surface area contributed by atoms with Gasteiger partial charge in [-0.1, -0.05) is 23.8 Å². The van der Waals surface area contributed by atoms with E-state index in [0.717, 1.165) is 40.7 Å². The van der Waals surface area contributed by atoms with Gasteiger partial charge in [0.05, 0.1) is 6.57 Å². The van der Waals surface area contributed by atoms with Gasteiger partial charge in [-0.05, 0) is 75.2 Å². The highest BCUT2D eigenvalue weighted by Crippen LogP contribution is 2.48. The number of nitrogens with zero attached hydrogens (tertiary/aromatic N) is 4. The third-order valence-corrected chi connectivity index (χ3v) is 6.05. The van der Waals surface area contributed by atoms with Gasteiger partial charge in [0.15, 0.2) is 10.8 Å². The van der Waals surface area contributed by atoms with Gasteiger partial charge >= 0.3 is 0 Å². The van der Waals surface area contributed by atoms with Crippen molar-refractivity contribution < 1.29 is 0 Å². The fraction of sp³-hybridized carbons (Fsp3) is 0.318. The Morgan fingerprint density at radius 1 is 1.07 bits per heavy atom. The van der Waals surface area contributed by atoms with Crippen molar-refractivity contribution in [2.24, 2.45) is 4.99 Å². The summed E-state index contributed by atoms with van der Waals surface area (Å²) in [5, 5.41) is 0.758. The Labute approximate surface area is 166 Å². The molecular formula is C22H22N4S. The van der Waals surface area contributed by atoms with Crippen LogP contribution < -0.4 is 9.80 Å². The zero-order valence-corrected chi connectivity index (χ0v) is 16.7. The molecule has 0 N–H and O–H groups in total. The topological polar surface area (TPSA) is 23.2 Å². The van der Waals surface area contributed by atoms with Crippen molar-refractivity contribution in [3.8, 4) is 0 Å². The summed E-state index contributed by atoms with van der Waals surface area (Å²) in [7, 11) is 1.85. The van der Waals surface area contributed by atoms with Crippen LogP contribution in [0.15, 0.2) is 47.5 Å². The van der Waals surface area contributed by atoms with Crippen molar-refractivity contribution in [2.75, 3.05) is 16.8 Å². The second-order valence-corrected chi connectivity index (χ2v) is 7.67. The molecule has 1 saturated heterocycles. The molecule has 0 amide bonds. The highest BCUT2D eigenvalue weighted by Gasteiger charge is 2.57. The lowest BCUT2D eigenvalue weighted by Crippen LogP contribution is -2.55. The number of aliphatic imine (C=N–C) groups is 1. The molecule has 27 heavy (non-hydrogen) atoms. The molecule has 0 bridgehead atoms. The van der Waals surface area contributed by atoms with Gasteiger partial charge in [0.1, 0.15) is 11.4 Å². The van der Waals surface area contributed by atoms with Gasteiger partial charge in [-0.2, -0.15) is 0 Å². The van der Waals surface area contributed by atoms with E-state index in [9.17, 15) is 0 Å². The summed E-state index contributed by atoms with van der Waals surface area (Å²) in [4.78, 5) is 12.6. The van der Waals surface area contributed by atoms with Crippen molar-refractivity contribution in [1.82, 2.24) is 0 Å². The second-order valence-electron chi connectivity index (χ2n) is 7.30. The first-order valence-electron chi connectivity index (χ1n) is 9.18. The molecule has 1 aliphatic carbocycles. The average Bonchev–Trinajstić information content (AvgIpc) is 2.91. The molecule has 4 rings (SSSR count). The second kappa shape index (κ2) is 6.47. The van der Waals surface area contributed by atoms with E-state index in [1.54, 1.807) is 0 Å². The van der Waals surface area contributed by atoms with E-state index < -0.39 is 0 Å². The van der Waals surface area contributed by atoms with Crippen LogP contribution in [-0.2, 0) is 0 Å². The SMILES string of the molecule is [C-]#[N+]c1ccc(N2C(=S)N(c3ccc(C)cc3)C3(CCC3)C2=NC)cc1C. The van der Waals surface area contributed by atoms with Crippen LogP contribution in [0.4, 0.5) is 17.1 Å². The molecule has 136 valence electrons. The minimum absolute atomic E-state index is 0.159. The van der Waals surface area contributed by atoms with Crippen molar-refractivity contribution in [3.05, 3.63) is 65.0 Å². The van der Waals surface area contributed by atoms with Crippen molar-refractivity contribution in [2.45, 2.75) is 38.6 Å². The Kier molecular flexibility index (Phi) is 4.24. The van der Waals surface area contributed by atoms with Crippen LogP contribution in [0.2, 0.25) is 0 Å². The van der Waals surface area contributed by atoms with Crippen LogP contribution in [0.5, 0.6) is 0 Å². The molecule has 0 atom stereocenters. The molecule has 1 spiro atoms. The summed E-state index contributed by atoms with van der Waals surface area (Å²) in [6, 6.07) is 14.4. The summed E-state index contributed by atoms with van der Waals surface area (Å²) in [5.74, 6) is 1.01. The van der Waals surface area contributed by atoms with E-state index in [4.69, 9.17) is 18.8 Å². The molecule has 2 aromatic carbocycles. The molecule has 0 unspecified atom stereocenters. The monoisotopic (exact) mass is 374 g/mol. The predicted molar refractivity (Wildman–Crippen MR) is 116 cm³/mol. The van der Waals surface area contributed by atoms with Gasteiger partial charge in [0, 0.05) is 18.4 Å². The minimum Gasteiger partial charge on any atom is -0.305 e. The number of rotatable bonds is 2. The van der Waals surface area contributed by atoms with E-state index in [1.165, 1.54) is 12.0 Å². The molecule has 1 aliphatic heterocycles. The molecule has 1 saturated carbocycles. The molecule has 2 fully saturated rings. The Morgan fingerprint density at radius 2 is 1.74 bits per heavy atom. The summed E-state index contributed by atoms with van der Waals surface area (Å²) < 4.78 is 0. The highest BCUT2D eigenvalue weighted by atomic mass is 32.1. The lowest BCUT2D eigenvalue weighted by molar-refractivity contribution is 0.350. The van der Waals surface area contributed by atoms with Crippen molar-refractivity contribution in [1.29, 1.82) is 0 Å². The fourth-order valence-electron chi connectivity index (χ4n) is 4.14. The Balaban J connectivity index is 1.84. The summed E-state index contributed by atoms with van der Waals surface area (Å²) >= 11 is 5.97. The van der Waals surface area contributed by atoms with Gasteiger partial charge in [-0.15, -0.1) is 0 Å². The van der Waals surface area contributed by atoms with Crippen molar-refractivity contribution in [3.63, 3.8) is 0 Å². The molecule has 2 aromatic rings. The third-order valence-electron chi connectivity index (χ3n) is 5.68. The fourth-order valence-corrected chi connectivity index (χ4v) is 4.61. The van der Waals surface area contributed by atoms with Gasteiger partial charge in [0.25, 0.3) is 0 Å². The lowest BCUT2D eigenvalue weighted by Gasteiger charge is -2.44. The zero-order chi connectivity index (χ0) is 19.2. The van der Waals surface area contributed by atoms with Crippen LogP contribution in [0.25, 0.3) is 4.85 Å². The molecule has 2 aliphatic rings. The lowest BCUT2D eigenvalue weighted by atomic mass is 9.74. The normalized spacial score (nSPS) is 19.5. The largest absolute Gasteiger partial charge is 0.305 e. The van der Waals surface area contributed by atoms with E-state index in [2.05, 4.69) is 50.8 Å². The molecule has 0 aromatic heterocycles. The summed E-state index contributed by atoms with van der Waals surface area (Å²) in [6.45, 7) is 11.4. The smallest absolute Gasteiger partial charge is 0.190 e. The standard InChI is InChI=1S/C22H22N4S/c1-15-6-8-17(9-7-15)26-21(27)25(20(24-4)22(26)12-5-13-22)18-10-11-19(23-3)16(2)14-18/h6-11,14H,5,12-13H2,1-2,4H3. The number of anilines is 2. The maximum atomic E-state index is 7.30. The first kappa shape index (κ1) is 17.7. The van der Waals surface area contributed by atoms with E-state index >= 15 is 0 Å². The number of hydrogen-bond acceptors (Lipinski definition) is 2. The molecule has 5 heteroatoms. The first-order chi connectivity index (χ1) is 13.0.